The van der Waals surface area contributed by atoms with Gasteiger partial charge in [-0.25, -0.2) is 0 Å². The molecule has 0 bridgehead atoms. The lowest BCUT2D eigenvalue weighted by Gasteiger charge is -2.41. The number of allylic oxidation sites excluding steroid dienone is 1. The molecule has 188 valence electrons. The van der Waals surface area contributed by atoms with Crippen LogP contribution < -0.4 is 9.47 Å². The maximum absolute atomic E-state index is 12.9. The van der Waals surface area contributed by atoms with Gasteiger partial charge in [0.2, 0.25) is 0 Å². The summed E-state index contributed by atoms with van der Waals surface area (Å²) in [6.45, 7) is 2.75. The number of phenols is 2. The second kappa shape index (κ2) is 9.43. The predicted molar refractivity (Wildman–Crippen MR) is 130 cm³/mol. The number of nitrogens with zero attached hydrogens (tertiary/aromatic N) is 1. The van der Waals surface area contributed by atoms with Crippen LogP contribution >= 0.6 is 0 Å². The van der Waals surface area contributed by atoms with E-state index < -0.39 is 18.3 Å². The SMILES string of the molecule is CC1=C(c2cccc(O)c2)C(c2ccc(OCCN3CCC3C(F)(F)F)cc2)Oc2ccc(O)cc21. The number of halogens is 3. The Balaban J connectivity index is 1.36. The largest absolute Gasteiger partial charge is 0.508 e. The lowest BCUT2D eigenvalue weighted by atomic mass is 9.86. The van der Waals surface area contributed by atoms with Gasteiger partial charge >= 0.3 is 6.18 Å². The van der Waals surface area contributed by atoms with Crippen LogP contribution in [0.15, 0.2) is 66.7 Å². The first-order valence-electron chi connectivity index (χ1n) is 11.7. The number of hydrogen-bond acceptors (Lipinski definition) is 5. The summed E-state index contributed by atoms with van der Waals surface area (Å²) < 4.78 is 50.8. The van der Waals surface area contributed by atoms with E-state index in [4.69, 9.17) is 9.47 Å². The Morgan fingerprint density at radius 3 is 2.42 bits per heavy atom. The van der Waals surface area contributed by atoms with Crippen LogP contribution in [0, 0.1) is 0 Å². The number of benzene rings is 3. The number of hydrogen-bond donors (Lipinski definition) is 2. The van der Waals surface area contributed by atoms with E-state index in [1.54, 1.807) is 48.5 Å². The number of alkyl halides is 3. The van der Waals surface area contributed by atoms with Crippen molar-refractivity contribution in [3.8, 4) is 23.0 Å². The van der Waals surface area contributed by atoms with Gasteiger partial charge in [-0.2, -0.15) is 13.2 Å². The number of ether oxygens (including phenoxy) is 2. The minimum absolute atomic E-state index is 0.131. The zero-order valence-corrected chi connectivity index (χ0v) is 19.6. The first-order chi connectivity index (χ1) is 17.2. The van der Waals surface area contributed by atoms with Crippen LogP contribution in [0.5, 0.6) is 23.0 Å². The highest BCUT2D eigenvalue weighted by Crippen LogP contribution is 2.47. The zero-order valence-electron chi connectivity index (χ0n) is 19.6. The highest BCUT2D eigenvalue weighted by Gasteiger charge is 2.48. The normalized spacial score (nSPS) is 19.9. The molecule has 3 aromatic carbocycles. The van der Waals surface area contributed by atoms with Crippen LogP contribution in [0.25, 0.3) is 11.1 Å². The van der Waals surface area contributed by atoms with Gasteiger partial charge in [0.15, 0.2) is 0 Å². The van der Waals surface area contributed by atoms with E-state index in [0.717, 1.165) is 27.8 Å². The summed E-state index contributed by atoms with van der Waals surface area (Å²) in [5.41, 5.74) is 4.18. The van der Waals surface area contributed by atoms with E-state index in [-0.39, 0.29) is 31.1 Å². The van der Waals surface area contributed by atoms with Gasteiger partial charge in [-0.3, -0.25) is 4.90 Å². The molecule has 8 heteroatoms. The summed E-state index contributed by atoms with van der Waals surface area (Å²) >= 11 is 0. The molecule has 5 rings (SSSR count). The molecular weight excluding hydrogens is 471 g/mol. The molecule has 5 nitrogen and oxygen atoms in total. The average Bonchev–Trinajstić information content (AvgIpc) is 2.80. The Morgan fingerprint density at radius 1 is 1.00 bits per heavy atom. The van der Waals surface area contributed by atoms with Crippen molar-refractivity contribution in [2.45, 2.75) is 31.7 Å². The van der Waals surface area contributed by atoms with E-state index in [0.29, 0.717) is 18.0 Å². The zero-order chi connectivity index (χ0) is 25.4. The van der Waals surface area contributed by atoms with Crippen molar-refractivity contribution >= 4 is 11.1 Å². The van der Waals surface area contributed by atoms with Crippen molar-refractivity contribution in [1.29, 1.82) is 0 Å². The quantitative estimate of drug-likeness (QED) is 0.426. The highest BCUT2D eigenvalue weighted by atomic mass is 19.4. The monoisotopic (exact) mass is 497 g/mol. The molecule has 0 aromatic heterocycles. The van der Waals surface area contributed by atoms with Gasteiger partial charge < -0.3 is 19.7 Å². The topological polar surface area (TPSA) is 62.2 Å². The third-order valence-electron chi connectivity index (χ3n) is 6.77. The van der Waals surface area contributed by atoms with Gasteiger partial charge in [0, 0.05) is 24.2 Å². The Labute approximate surface area is 207 Å². The van der Waals surface area contributed by atoms with Crippen molar-refractivity contribution < 1.29 is 32.9 Å². The first-order valence-corrected chi connectivity index (χ1v) is 11.7. The van der Waals surface area contributed by atoms with Crippen molar-refractivity contribution in [2.24, 2.45) is 0 Å². The molecule has 2 aliphatic heterocycles. The molecule has 2 N–H and O–H groups in total. The Morgan fingerprint density at radius 2 is 1.75 bits per heavy atom. The van der Waals surface area contributed by atoms with Gasteiger partial charge in [-0.1, -0.05) is 24.3 Å². The minimum Gasteiger partial charge on any atom is -0.508 e. The first kappa shape index (κ1) is 24.1. The van der Waals surface area contributed by atoms with Crippen LogP contribution in [0.2, 0.25) is 0 Å². The van der Waals surface area contributed by atoms with E-state index in [1.165, 1.54) is 4.90 Å². The van der Waals surface area contributed by atoms with Crippen molar-refractivity contribution in [3.05, 3.63) is 83.4 Å². The van der Waals surface area contributed by atoms with E-state index in [2.05, 4.69) is 0 Å². The standard InChI is InChI=1S/C28H26F3NO4/c1-17-23-16-21(34)7-10-24(23)36-27(26(17)19-3-2-4-20(33)15-19)18-5-8-22(9-6-18)35-14-13-32-12-11-25(32)28(29,30)31/h2-10,15-16,25,27,33-34H,11-14H2,1H3. The third kappa shape index (κ3) is 4.73. The second-order valence-electron chi connectivity index (χ2n) is 9.07. The highest BCUT2D eigenvalue weighted by molar-refractivity contribution is 5.95. The summed E-state index contributed by atoms with van der Waals surface area (Å²) in [6, 6.07) is 17.8. The number of fused-ring (bicyclic) bond motifs is 1. The fraction of sp³-hybridized carbons (Fsp3) is 0.286. The van der Waals surface area contributed by atoms with Gasteiger partial charge in [0.25, 0.3) is 0 Å². The van der Waals surface area contributed by atoms with E-state index >= 15 is 0 Å². The van der Waals surface area contributed by atoms with E-state index in [9.17, 15) is 23.4 Å². The summed E-state index contributed by atoms with van der Waals surface area (Å²) in [5, 5.41) is 20.1. The van der Waals surface area contributed by atoms with Gasteiger partial charge in [-0.05, 0) is 72.5 Å². The molecule has 2 aliphatic rings. The third-order valence-corrected chi connectivity index (χ3v) is 6.77. The van der Waals surface area contributed by atoms with Crippen LogP contribution in [0.3, 0.4) is 0 Å². The van der Waals surface area contributed by atoms with Gasteiger partial charge in [0.1, 0.15) is 41.8 Å². The molecule has 2 unspecified atom stereocenters. The summed E-state index contributed by atoms with van der Waals surface area (Å²) in [7, 11) is 0. The minimum atomic E-state index is -4.20. The molecule has 0 amide bonds. The molecule has 1 saturated heterocycles. The molecule has 3 aromatic rings. The maximum Gasteiger partial charge on any atom is 0.404 e. The second-order valence-corrected chi connectivity index (χ2v) is 9.07. The van der Waals surface area contributed by atoms with E-state index in [1.807, 2.05) is 25.1 Å². The van der Waals surface area contributed by atoms with Gasteiger partial charge in [-0.15, -0.1) is 0 Å². The molecule has 0 radical (unpaired) electrons. The molecule has 0 aliphatic carbocycles. The summed E-state index contributed by atoms with van der Waals surface area (Å²) in [6.07, 6.45) is -4.54. The Hall–Kier alpha value is -3.65. The average molecular weight is 498 g/mol. The molecule has 2 heterocycles. The summed E-state index contributed by atoms with van der Waals surface area (Å²) in [4.78, 5) is 1.38. The van der Waals surface area contributed by atoms with Crippen LogP contribution in [0.1, 0.15) is 36.1 Å². The van der Waals surface area contributed by atoms with Crippen molar-refractivity contribution in [2.75, 3.05) is 19.7 Å². The maximum atomic E-state index is 12.9. The number of likely N-dealkylation sites (tertiary alicyclic amines) is 1. The number of phenolic OH excluding ortho intramolecular Hbond substituents is 2. The molecule has 1 fully saturated rings. The lowest BCUT2D eigenvalue weighted by molar-refractivity contribution is -0.210. The Bertz CT molecular complexity index is 1290. The summed E-state index contributed by atoms with van der Waals surface area (Å²) in [5.74, 6) is 1.45. The van der Waals surface area contributed by atoms with Crippen LogP contribution in [0.4, 0.5) is 13.2 Å². The van der Waals surface area contributed by atoms with Gasteiger partial charge in [0.05, 0.1) is 0 Å². The molecule has 36 heavy (non-hydrogen) atoms. The fourth-order valence-corrected chi connectivity index (χ4v) is 4.82. The molecule has 0 saturated carbocycles. The number of rotatable bonds is 6. The fourth-order valence-electron chi connectivity index (χ4n) is 4.82. The van der Waals surface area contributed by atoms with Crippen molar-refractivity contribution in [3.63, 3.8) is 0 Å². The molecule has 0 spiro atoms. The van der Waals surface area contributed by atoms with Crippen LogP contribution in [-0.2, 0) is 0 Å². The van der Waals surface area contributed by atoms with Crippen LogP contribution in [-0.4, -0.2) is 47.0 Å². The Kier molecular flexibility index (Phi) is 6.30. The van der Waals surface area contributed by atoms with Crippen molar-refractivity contribution in [1.82, 2.24) is 4.90 Å². The molecule has 2 atom stereocenters. The lowest BCUT2D eigenvalue weighted by Crippen LogP contribution is -2.56. The molecular formula is C28H26F3NO4. The smallest absolute Gasteiger partial charge is 0.404 e. The number of aromatic hydroxyl groups is 2. The predicted octanol–water partition coefficient (Wildman–Crippen LogP) is 6.18.